The van der Waals surface area contributed by atoms with Crippen LogP contribution in [-0.4, -0.2) is 13.0 Å². The maximum absolute atomic E-state index is 13.0. The standard InChI is InChI=1S/C27H31NO3/c1-7-21-10-8-9-18(3)26(21)28-27(29)22-11-12-24(30-6)23(15-22)16-31-25-14-17(2)13-19(4)20(25)5/h8-15H,7,16H2,1-6H3,(H,28,29). The summed E-state index contributed by atoms with van der Waals surface area (Å²) in [6, 6.07) is 15.7. The summed E-state index contributed by atoms with van der Waals surface area (Å²) in [7, 11) is 1.63. The van der Waals surface area contributed by atoms with E-state index >= 15 is 0 Å². The molecule has 162 valence electrons. The molecular weight excluding hydrogens is 386 g/mol. The number of aryl methyl sites for hydroxylation is 4. The van der Waals surface area contributed by atoms with E-state index in [0.717, 1.165) is 45.7 Å². The zero-order valence-corrected chi connectivity index (χ0v) is 19.3. The molecule has 0 aliphatic heterocycles. The van der Waals surface area contributed by atoms with Crippen molar-refractivity contribution in [3.8, 4) is 11.5 Å². The lowest BCUT2D eigenvalue weighted by Gasteiger charge is -2.16. The van der Waals surface area contributed by atoms with Crippen LogP contribution in [0.2, 0.25) is 0 Å². The van der Waals surface area contributed by atoms with E-state index in [1.807, 2.05) is 43.3 Å². The molecule has 0 heterocycles. The number of ether oxygens (including phenoxy) is 2. The number of amides is 1. The molecule has 3 aromatic rings. The van der Waals surface area contributed by atoms with Crippen LogP contribution in [0.1, 0.15) is 50.7 Å². The lowest BCUT2D eigenvalue weighted by atomic mass is 10.0. The average molecular weight is 418 g/mol. The van der Waals surface area contributed by atoms with E-state index in [1.165, 1.54) is 5.56 Å². The average Bonchev–Trinajstić information content (AvgIpc) is 2.76. The van der Waals surface area contributed by atoms with Crippen molar-refractivity contribution in [2.24, 2.45) is 0 Å². The van der Waals surface area contributed by atoms with Crippen LogP contribution in [0.5, 0.6) is 11.5 Å². The van der Waals surface area contributed by atoms with Gasteiger partial charge in [-0.15, -0.1) is 0 Å². The van der Waals surface area contributed by atoms with E-state index in [0.29, 0.717) is 17.9 Å². The molecular formula is C27H31NO3. The fraction of sp³-hybridized carbons (Fsp3) is 0.296. The van der Waals surface area contributed by atoms with Crippen LogP contribution in [0.3, 0.4) is 0 Å². The largest absolute Gasteiger partial charge is 0.496 e. The Morgan fingerprint density at radius 2 is 1.68 bits per heavy atom. The minimum atomic E-state index is -0.143. The number of hydrogen-bond acceptors (Lipinski definition) is 3. The molecule has 0 spiro atoms. The SMILES string of the molecule is CCc1cccc(C)c1NC(=O)c1ccc(OC)c(COc2cc(C)cc(C)c2C)c1. The van der Waals surface area contributed by atoms with Gasteiger partial charge in [-0.1, -0.05) is 31.2 Å². The van der Waals surface area contributed by atoms with E-state index < -0.39 is 0 Å². The zero-order chi connectivity index (χ0) is 22.5. The number of hydrogen-bond donors (Lipinski definition) is 1. The Bertz CT molecular complexity index is 1100. The molecule has 0 fully saturated rings. The molecule has 31 heavy (non-hydrogen) atoms. The van der Waals surface area contributed by atoms with Crippen molar-refractivity contribution in [3.05, 3.63) is 87.5 Å². The van der Waals surface area contributed by atoms with Crippen molar-refractivity contribution >= 4 is 11.6 Å². The normalized spacial score (nSPS) is 10.6. The molecule has 0 aromatic heterocycles. The second-order valence-corrected chi connectivity index (χ2v) is 7.94. The second-order valence-electron chi connectivity index (χ2n) is 7.94. The van der Waals surface area contributed by atoms with Crippen molar-refractivity contribution < 1.29 is 14.3 Å². The van der Waals surface area contributed by atoms with Crippen LogP contribution in [0, 0.1) is 27.7 Å². The van der Waals surface area contributed by atoms with Crippen molar-refractivity contribution in [1.29, 1.82) is 0 Å². The first-order valence-electron chi connectivity index (χ1n) is 10.6. The lowest BCUT2D eigenvalue weighted by molar-refractivity contribution is 0.102. The molecule has 0 aliphatic rings. The van der Waals surface area contributed by atoms with Crippen LogP contribution in [-0.2, 0) is 13.0 Å². The first kappa shape index (κ1) is 22.4. The van der Waals surface area contributed by atoms with Gasteiger partial charge in [0, 0.05) is 16.8 Å². The van der Waals surface area contributed by atoms with Crippen LogP contribution < -0.4 is 14.8 Å². The summed E-state index contributed by atoms with van der Waals surface area (Å²) in [5, 5.41) is 3.09. The van der Waals surface area contributed by atoms with Gasteiger partial charge >= 0.3 is 0 Å². The van der Waals surface area contributed by atoms with E-state index in [-0.39, 0.29) is 5.91 Å². The molecule has 4 heteroatoms. The Morgan fingerprint density at radius 1 is 0.903 bits per heavy atom. The van der Waals surface area contributed by atoms with E-state index in [1.54, 1.807) is 13.2 Å². The zero-order valence-electron chi connectivity index (χ0n) is 19.3. The smallest absolute Gasteiger partial charge is 0.255 e. The van der Waals surface area contributed by atoms with Gasteiger partial charge in [0.1, 0.15) is 18.1 Å². The summed E-state index contributed by atoms with van der Waals surface area (Å²) in [6.45, 7) is 10.6. The quantitative estimate of drug-likeness (QED) is 0.489. The number of rotatable bonds is 7. The summed E-state index contributed by atoms with van der Waals surface area (Å²) >= 11 is 0. The predicted molar refractivity (Wildman–Crippen MR) is 126 cm³/mol. The minimum Gasteiger partial charge on any atom is -0.496 e. The summed E-state index contributed by atoms with van der Waals surface area (Å²) in [4.78, 5) is 13.0. The number of para-hydroxylation sites is 1. The van der Waals surface area contributed by atoms with E-state index in [9.17, 15) is 4.79 Å². The van der Waals surface area contributed by atoms with Crippen molar-refractivity contribution in [1.82, 2.24) is 0 Å². The summed E-state index contributed by atoms with van der Waals surface area (Å²) < 4.78 is 11.6. The summed E-state index contributed by atoms with van der Waals surface area (Å²) in [5.41, 5.74) is 7.92. The van der Waals surface area contributed by atoms with Crippen LogP contribution >= 0.6 is 0 Å². The first-order valence-corrected chi connectivity index (χ1v) is 10.6. The molecule has 0 radical (unpaired) electrons. The van der Waals surface area contributed by atoms with E-state index in [4.69, 9.17) is 9.47 Å². The number of methoxy groups -OCH3 is 1. The number of carbonyl (C=O) groups excluding carboxylic acids is 1. The Labute approximate surface area is 185 Å². The number of nitrogens with one attached hydrogen (secondary N) is 1. The topological polar surface area (TPSA) is 47.6 Å². The molecule has 0 saturated heterocycles. The fourth-order valence-electron chi connectivity index (χ4n) is 3.73. The maximum Gasteiger partial charge on any atom is 0.255 e. The Hall–Kier alpha value is -3.27. The monoisotopic (exact) mass is 417 g/mol. The van der Waals surface area contributed by atoms with Gasteiger partial charge in [-0.2, -0.15) is 0 Å². The van der Waals surface area contributed by atoms with Gasteiger partial charge in [0.05, 0.1) is 7.11 Å². The van der Waals surface area contributed by atoms with Crippen LogP contribution in [0.15, 0.2) is 48.5 Å². The Morgan fingerprint density at radius 3 is 2.39 bits per heavy atom. The van der Waals surface area contributed by atoms with Gasteiger partial charge in [-0.05, 0) is 86.2 Å². The molecule has 1 N–H and O–H groups in total. The number of carbonyl (C=O) groups is 1. The third-order valence-corrected chi connectivity index (χ3v) is 5.67. The third kappa shape index (κ3) is 5.08. The van der Waals surface area contributed by atoms with Crippen molar-refractivity contribution in [2.45, 2.75) is 47.6 Å². The third-order valence-electron chi connectivity index (χ3n) is 5.67. The fourth-order valence-corrected chi connectivity index (χ4v) is 3.73. The molecule has 0 aliphatic carbocycles. The molecule has 3 aromatic carbocycles. The van der Waals surface area contributed by atoms with Gasteiger partial charge in [0.15, 0.2) is 0 Å². The molecule has 0 saturated carbocycles. The highest BCUT2D eigenvalue weighted by atomic mass is 16.5. The second kappa shape index (κ2) is 9.69. The van der Waals surface area contributed by atoms with Crippen molar-refractivity contribution in [3.63, 3.8) is 0 Å². The van der Waals surface area contributed by atoms with Gasteiger partial charge in [0.2, 0.25) is 0 Å². The van der Waals surface area contributed by atoms with Crippen LogP contribution in [0.25, 0.3) is 0 Å². The van der Waals surface area contributed by atoms with Crippen molar-refractivity contribution in [2.75, 3.05) is 12.4 Å². The molecule has 1 amide bonds. The molecule has 0 atom stereocenters. The maximum atomic E-state index is 13.0. The molecule has 3 rings (SSSR count). The summed E-state index contributed by atoms with van der Waals surface area (Å²) in [5.74, 6) is 1.40. The molecule has 0 bridgehead atoms. The number of anilines is 1. The Balaban J connectivity index is 1.85. The lowest BCUT2D eigenvalue weighted by Crippen LogP contribution is -2.15. The Kier molecular flexibility index (Phi) is 7.01. The highest BCUT2D eigenvalue weighted by Crippen LogP contribution is 2.28. The van der Waals surface area contributed by atoms with Gasteiger partial charge < -0.3 is 14.8 Å². The number of benzene rings is 3. The van der Waals surface area contributed by atoms with Gasteiger partial charge in [0.25, 0.3) is 5.91 Å². The van der Waals surface area contributed by atoms with Crippen LogP contribution in [0.4, 0.5) is 5.69 Å². The molecule has 4 nitrogen and oxygen atoms in total. The summed E-state index contributed by atoms with van der Waals surface area (Å²) in [6.07, 6.45) is 0.855. The minimum absolute atomic E-state index is 0.143. The first-order chi connectivity index (χ1) is 14.8. The molecule has 0 unspecified atom stereocenters. The van der Waals surface area contributed by atoms with Gasteiger partial charge in [-0.25, -0.2) is 0 Å². The highest BCUT2D eigenvalue weighted by Gasteiger charge is 2.14. The van der Waals surface area contributed by atoms with Gasteiger partial charge in [-0.3, -0.25) is 4.79 Å². The predicted octanol–water partition coefficient (Wildman–Crippen LogP) is 6.32. The highest BCUT2D eigenvalue weighted by molar-refractivity contribution is 6.05. The van der Waals surface area contributed by atoms with E-state index in [2.05, 4.69) is 39.1 Å².